The normalized spacial score (nSPS) is 20.6. The van der Waals surface area contributed by atoms with Crippen molar-refractivity contribution in [1.29, 1.82) is 0 Å². The van der Waals surface area contributed by atoms with E-state index in [1.54, 1.807) is 4.90 Å². The number of carbonyl (C=O) groups is 1. The fraction of sp³-hybridized carbons (Fsp3) is 0.722. The molecule has 5 heteroatoms. The Kier molecular flexibility index (Phi) is 4.81. The average Bonchev–Trinajstić information content (AvgIpc) is 2.66. The molecule has 0 unspecified atom stereocenters. The van der Waals surface area contributed by atoms with Crippen LogP contribution in [0.5, 0.6) is 0 Å². The molecule has 0 atom stereocenters. The van der Waals surface area contributed by atoms with Gasteiger partial charge in [-0.05, 0) is 45.3 Å². The highest BCUT2D eigenvalue weighted by atomic mass is 16.6. The van der Waals surface area contributed by atoms with Gasteiger partial charge in [0.25, 0.3) is 0 Å². The molecule has 1 amide bonds. The minimum Gasteiger partial charge on any atom is -0.443 e. The van der Waals surface area contributed by atoms with Gasteiger partial charge in [0.15, 0.2) is 0 Å². The fourth-order valence-electron chi connectivity index (χ4n) is 3.07. The smallest absolute Gasteiger partial charge is 0.414 e. The first-order valence-electron chi connectivity index (χ1n) is 8.46. The molecule has 0 saturated carbocycles. The SMILES string of the molecule is CCCCC1=CC2=C(CN1O)C(C)(C)CN2C(=O)OC(C)(C)C. The monoisotopic (exact) mass is 322 g/mol. The number of nitrogens with zero attached hydrogens (tertiary/aromatic N) is 2. The van der Waals surface area contributed by atoms with Gasteiger partial charge in [0.05, 0.1) is 12.2 Å². The predicted molar refractivity (Wildman–Crippen MR) is 89.8 cm³/mol. The highest BCUT2D eigenvalue weighted by Crippen LogP contribution is 2.43. The van der Waals surface area contributed by atoms with Gasteiger partial charge in [-0.15, -0.1) is 0 Å². The van der Waals surface area contributed by atoms with E-state index in [0.717, 1.165) is 36.2 Å². The molecule has 0 aromatic carbocycles. The summed E-state index contributed by atoms with van der Waals surface area (Å²) in [5, 5.41) is 11.6. The van der Waals surface area contributed by atoms with Crippen LogP contribution in [0.2, 0.25) is 0 Å². The number of hydroxylamine groups is 2. The Morgan fingerprint density at radius 3 is 2.61 bits per heavy atom. The van der Waals surface area contributed by atoms with Crippen LogP contribution in [0.4, 0.5) is 4.79 Å². The van der Waals surface area contributed by atoms with Crippen LogP contribution in [-0.2, 0) is 4.74 Å². The summed E-state index contributed by atoms with van der Waals surface area (Å²) in [6.45, 7) is 13.0. The number of allylic oxidation sites excluding steroid dienone is 2. The maximum absolute atomic E-state index is 12.6. The van der Waals surface area contributed by atoms with Crippen molar-refractivity contribution >= 4 is 6.09 Å². The van der Waals surface area contributed by atoms with Gasteiger partial charge in [0, 0.05) is 17.7 Å². The van der Waals surface area contributed by atoms with Crippen molar-refractivity contribution in [2.24, 2.45) is 5.41 Å². The van der Waals surface area contributed by atoms with Crippen LogP contribution in [0.1, 0.15) is 60.8 Å². The lowest BCUT2D eigenvalue weighted by Gasteiger charge is -2.30. The summed E-state index contributed by atoms with van der Waals surface area (Å²) >= 11 is 0. The van der Waals surface area contributed by atoms with Crippen LogP contribution < -0.4 is 0 Å². The molecule has 2 aliphatic rings. The van der Waals surface area contributed by atoms with Gasteiger partial charge in [-0.1, -0.05) is 27.2 Å². The summed E-state index contributed by atoms with van der Waals surface area (Å²) < 4.78 is 5.55. The van der Waals surface area contributed by atoms with E-state index < -0.39 is 5.60 Å². The van der Waals surface area contributed by atoms with Crippen molar-refractivity contribution in [3.8, 4) is 0 Å². The molecule has 0 bridgehead atoms. The van der Waals surface area contributed by atoms with E-state index in [-0.39, 0.29) is 11.5 Å². The average molecular weight is 322 g/mol. The van der Waals surface area contributed by atoms with E-state index in [0.29, 0.717) is 13.1 Å². The molecule has 130 valence electrons. The second kappa shape index (κ2) is 6.19. The van der Waals surface area contributed by atoms with Crippen LogP contribution in [0.15, 0.2) is 23.0 Å². The second-order valence-corrected chi connectivity index (χ2v) is 8.11. The predicted octanol–water partition coefficient (Wildman–Crippen LogP) is 4.30. The standard InChI is InChI=1S/C18H30N2O3/c1-7-8-9-13-10-15-14(11-20(13)22)18(5,6)12-19(15)16(21)23-17(2,3)4/h10,22H,7-9,11-12H2,1-6H3. The maximum atomic E-state index is 12.6. The number of carbonyl (C=O) groups excluding carboxylic acids is 1. The van der Waals surface area contributed by atoms with Crippen molar-refractivity contribution in [3.63, 3.8) is 0 Å². The van der Waals surface area contributed by atoms with Gasteiger partial charge >= 0.3 is 6.09 Å². The largest absolute Gasteiger partial charge is 0.443 e. The molecule has 0 radical (unpaired) electrons. The second-order valence-electron chi connectivity index (χ2n) is 8.11. The molecule has 5 nitrogen and oxygen atoms in total. The summed E-state index contributed by atoms with van der Waals surface area (Å²) in [5.74, 6) is 0. The molecule has 0 spiro atoms. The molecule has 2 rings (SSSR count). The van der Waals surface area contributed by atoms with Crippen LogP contribution >= 0.6 is 0 Å². The third kappa shape index (κ3) is 3.89. The third-order valence-electron chi connectivity index (χ3n) is 4.31. The first kappa shape index (κ1) is 17.9. The molecular formula is C18H30N2O3. The summed E-state index contributed by atoms with van der Waals surface area (Å²) in [6.07, 6.45) is 4.53. The van der Waals surface area contributed by atoms with Gasteiger partial charge in [-0.3, -0.25) is 15.2 Å². The van der Waals surface area contributed by atoms with Crippen molar-refractivity contribution in [2.45, 2.75) is 66.4 Å². The Morgan fingerprint density at radius 1 is 1.39 bits per heavy atom. The molecule has 2 heterocycles. The number of rotatable bonds is 3. The fourth-order valence-corrected chi connectivity index (χ4v) is 3.07. The van der Waals surface area contributed by atoms with Gasteiger partial charge in [0.1, 0.15) is 5.60 Å². The van der Waals surface area contributed by atoms with Gasteiger partial charge < -0.3 is 4.74 Å². The molecule has 23 heavy (non-hydrogen) atoms. The van der Waals surface area contributed by atoms with E-state index in [1.807, 2.05) is 26.8 Å². The van der Waals surface area contributed by atoms with Crippen LogP contribution in [0.3, 0.4) is 0 Å². The van der Waals surface area contributed by atoms with Crippen molar-refractivity contribution in [2.75, 3.05) is 13.1 Å². The highest BCUT2D eigenvalue weighted by molar-refractivity contribution is 5.73. The first-order valence-corrected chi connectivity index (χ1v) is 8.46. The minimum absolute atomic E-state index is 0.167. The number of ether oxygens (including phenoxy) is 1. The zero-order valence-electron chi connectivity index (χ0n) is 15.3. The number of amides is 1. The van der Waals surface area contributed by atoms with Crippen LogP contribution in [0, 0.1) is 5.41 Å². The lowest BCUT2D eigenvalue weighted by atomic mass is 9.84. The summed E-state index contributed by atoms with van der Waals surface area (Å²) in [6, 6.07) is 0. The van der Waals surface area contributed by atoms with Crippen molar-refractivity contribution in [1.82, 2.24) is 9.96 Å². The van der Waals surface area contributed by atoms with Gasteiger partial charge in [-0.25, -0.2) is 4.79 Å². The summed E-state index contributed by atoms with van der Waals surface area (Å²) in [7, 11) is 0. The van der Waals surface area contributed by atoms with E-state index in [4.69, 9.17) is 4.74 Å². The maximum Gasteiger partial charge on any atom is 0.414 e. The summed E-state index contributed by atoms with van der Waals surface area (Å²) in [5.41, 5.74) is 2.18. The Balaban J connectivity index is 2.30. The molecule has 0 saturated heterocycles. The Hall–Kier alpha value is -1.49. The van der Waals surface area contributed by atoms with Crippen LogP contribution in [-0.4, -0.2) is 40.0 Å². The van der Waals surface area contributed by atoms with Gasteiger partial charge in [0.2, 0.25) is 0 Å². The molecule has 0 fully saturated rings. The molecule has 0 aliphatic carbocycles. The number of hydrogen-bond donors (Lipinski definition) is 1. The Morgan fingerprint density at radius 2 is 2.04 bits per heavy atom. The lowest BCUT2D eigenvalue weighted by Crippen LogP contribution is -2.36. The molecule has 1 N–H and O–H groups in total. The first-order chi connectivity index (χ1) is 10.5. The number of hydrogen-bond acceptors (Lipinski definition) is 4. The number of unbranched alkanes of at least 4 members (excludes halogenated alkanes) is 1. The van der Waals surface area contributed by atoms with Crippen molar-refractivity contribution < 1.29 is 14.7 Å². The molecule has 0 aromatic rings. The van der Waals surface area contributed by atoms with E-state index in [1.165, 1.54) is 5.06 Å². The Bertz CT molecular complexity index is 541. The zero-order chi connectivity index (χ0) is 17.4. The quantitative estimate of drug-likeness (QED) is 0.842. The van der Waals surface area contributed by atoms with Crippen LogP contribution in [0.25, 0.3) is 0 Å². The van der Waals surface area contributed by atoms with E-state index in [9.17, 15) is 10.0 Å². The minimum atomic E-state index is -0.517. The summed E-state index contributed by atoms with van der Waals surface area (Å²) in [4.78, 5) is 14.3. The molecule has 2 aliphatic heterocycles. The van der Waals surface area contributed by atoms with Gasteiger partial charge in [-0.2, -0.15) is 0 Å². The third-order valence-corrected chi connectivity index (χ3v) is 4.31. The topological polar surface area (TPSA) is 53.0 Å². The highest BCUT2D eigenvalue weighted by Gasteiger charge is 2.43. The van der Waals surface area contributed by atoms with Crippen molar-refractivity contribution in [3.05, 3.63) is 23.0 Å². The Labute approximate surface area is 139 Å². The lowest BCUT2D eigenvalue weighted by molar-refractivity contribution is -0.0544. The van der Waals surface area contributed by atoms with E-state index >= 15 is 0 Å². The van der Waals surface area contributed by atoms with E-state index in [2.05, 4.69) is 20.8 Å². The molecular weight excluding hydrogens is 292 g/mol. The molecule has 0 aromatic heterocycles. The zero-order valence-corrected chi connectivity index (χ0v) is 15.3.